The maximum absolute atomic E-state index is 13.4. The second kappa shape index (κ2) is 5.57. The summed E-state index contributed by atoms with van der Waals surface area (Å²) >= 11 is 0. The zero-order chi connectivity index (χ0) is 13.9. The number of benzene rings is 1. The number of aliphatic carboxylic acids is 1. The van der Waals surface area contributed by atoms with Gasteiger partial charge in [0.1, 0.15) is 11.4 Å². The molecule has 0 amide bonds. The molecule has 1 saturated heterocycles. The normalized spacial score (nSPS) is 23.7. The number of aryl methyl sites for hydroxylation is 1. The van der Waals surface area contributed by atoms with Gasteiger partial charge in [0, 0.05) is 25.3 Å². The molecule has 0 radical (unpaired) electrons. The Hall–Kier alpha value is -1.62. The summed E-state index contributed by atoms with van der Waals surface area (Å²) in [5.41, 5.74) is 0.186. The number of anilines is 1. The van der Waals surface area contributed by atoms with E-state index in [4.69, 9.17) is 4.74 Å². The van der Waals surface area contributed by atoms with Gasteiger partial charge in [0.2, 0.25) is 0 Å². The van der Waals surface area contributed by atoms with Gasteiger partial charge in [-0.1, -0.05) is 0 Å². The Kier molecular flexibility index (Phi) is 4.04. The predicted molar refractivity (Wildman–Crippen MR) is 69.8 cm³/mol. The van der Waals surface area contributed by atoms with E-state index >= 15 is 0 Å². The highest BCUT2D eigenvalue weighted by atomic mass is 19.1. The van der Waals surface area contributed by atoms with Crippen LogP contribution < -0.4 is 5.32 Å². The Morgan fingerprint density at radius 3 is 2.84 bits per heavy atom. The highest BCUT2D eigenvalue weighted by molar-refractivity contribution is 5.83. The minimum atomic E-state index is -1.07. The summed E-state index contributed by atoms with van der Waals surface area (Å²) in [5, 5.41) is 12.5. The molecular formula is C14H18FNO3. The molecule has 1 aromatic rings. The zero-order valence-electron chi connectivity index (χ0n) is 10.9. The van der Waals surface area contributed by atoms with Gasteiger partial charge in [-0.15, -0.1) is 0 Å². The first-order chi connectivity index (χ1) is 9.02. The molecule has 0 spiro atoms. The van der Waals surface area contributed by atoms with E-state index in [0.717, 1.165) is 5.56 Å². The summed E-state index contributed by atoms with van der Waals surface area (Å²) in [6, 6.07) is 4.48. The fourth-order valence-corrected chi connectivity index (χ4v) is 2.43. The first kappa shape index (κ1) is 13.8. The second-order valence-corrected chi connectivity index (χ2v) is 5.00. The molecule has 1 atom stereocenters. The number of hydrogen-bond donors (Lipinski definition) is 2. The van der Waals surface area contributed by atoms with Gasteiger partial charge in [0.15, 0.2) is 0 Å². The summed E-state index contributed by atoms with van der Waals surface area (Å²) in [5.74, 6) is -1.28. The van der Waals surface area contributed by atoms with E-state index < -0.39 is 11.5 Å². The van der Waals surface area contributed by atoms with Gasteiger partial charge in [0.05, 0.1) is 0 Å². The van der Waals surface area contributed by atoms with Crippen molar-refractivity contribution in [1.82, 2.24) is 0 Å². The molecule has 0 saturated carbocycles. The number of carboxylic acids is 1. The van der Waals surface area contributed by atoms with E-state index in [-0.39, 0.29) is 5.82 Å². The summed E-state index contributed by atoms with van der Waals surface area (Å²) < 4.78 is 18.7. The van der Waals surface area contributed by atoms with Crippen LogP contribution in [0, 0.1) is 12.7 Å². The molecular weight excluding hydrogens is 249 g/mol. The van der Waals surface area contributed by atoms with Gasteiger partial charge in [-0.2, -0.15) is 0 Å². The van der Waals surface area contributed by atoms with Crippen LogP contribution in [0.3, 0.4) is 0 Å². The second-order valence-electron chi connectivity index (χ2n) is 5.00. The van der Waals surface area contributed by atoms with Gasteiger partial charge in [-0.05, 0) is 43.5 Å². The van der Waals surface area contributed by atoms with Gasteiger partial charge in [-0.25, -0.2) is 9.18 Å². The molecule has 1 unspecified atom stereocenters. The van der Waals surface area contributed by atoms with Crippen molar-refractivity contribution in [2.45, 2.75) is 31.7 Å². The standard InChI is InChI=1S/C14H18FNO3/c1-10-7-11(15)9-12(8-10)16-14(13(17)18)3-2-5-19-6-4-14/h7-9,16H,2-6H2,1H3,(H,17,18). The van der Waals surface area contributed by atoms with Crippen LogP contribution in [0.25, 0.3) is 0 Å². The molecule has 1 aliphatic heterocycles. The number of nitrogens with one attached hydrogen (secondary N) is 1. The Bertz CT molecular complexity index is 448. The maximum Gasteiger partial charge on any atom is 0.329 e. The lowest BCUT2D eigenvalue weighted by Gasteiger charge is -2.30. The number of halogens is 1. The molecule has 0 aromatic heterocycles. The molecule has 0 bridgehead atoms. The van der Waals surface area contributed by atoms with Crippen molar-refractivity contribution in [2.24, 2.45) is 0 Å². The number of carbonyl (C=O) groups is 1. The van der Waals surface area contributed by atoms with E-state index in [1.54, 1.807) is 13.0 Å². The van der Waals surface area contributed by atoms with Crippen LogP contribution in [0.5, 0.6) is 0 Å². The fraction of sp³-hybridized carbons (Fsp3) is 0.500. The summed E-state index contributed by atoms with van der Waals surface area (Å²) in [7, 11) is 0. The quantitative estimate of drug-likeness (QED) is 0.883. The Labute approximate surface area is 111 Å². The van der Waals surface area contributed by atoms with Crippen LogP contribution in [0.2, 0.25) is 0 Å². The van der Waals surface area contributed by atoms with E-state index in [2.05, 4.69) is 5.32 Å². The van der Waals surface area contributed by atoms with Gasteiger partial charge in [0.25, 0.3) is 0 Å². The number of rotatable bonds is 3. The molecule has 1 aliphatic rings. The summed E-state index contributed by atoms with van der Waals surface area (Å²) in [6.07, 6.45) is 1.52. The highest BCUT2D eigenvalue weighted by Gasteiger charge is 2.39. The maximum atomic E-state index is 13.4. The summed E-state index contributed by atoms with van der Waals surface area (Å²) in [6.45, 7) is 2.74. The molecule has 1 fully saturated rings. The fourth-order valence-electron chi connectivity index (χ4n) is 2.43. The van der Waals surface area contributed by atoms with Crippen molar-refractivity contribution in [3.8, 4) is 0 Å². The van der Waals surface area contributed by atoms with Gasteiger partial charge < -0.3 is 15.2 Å². The average Bonchev–Trinajstić information content (AvgIpc) is 2.54. The number of carboxylic acid groups (broad SMARTS) is 1. The first-order valence-corrected chi connectivity index (χ1v) is 6.38. The van der Waals surface area contributed by atoms with Gasteiger partial charge in [-0.3, -0.25) is 0 Å². The monoisotopic (exact) mass is 267 g/mol. The van der Waals surface area contributed by atoms with Crippen LogP contribution in [0.1, 0.15) is 24.8 Å². The lowest BCUT2D eigenvalue weighted by Crippen LogP contribution is -2.46. The Morgan fingerprint density at radius 1 is 1.37 bits per heavy atom. The molecule has 104 valence electrons. The largest absolute Gasteiger partial charge is 0.480 e. The van der Waals surface area contributed by atoms with Crippen molar-refractivity contribution in [3.05, 3.63) is 29.6 Å². The Balaban J connectivity index is 2.27. The number of ether oxygens (including phenoxy) is 1. The van der Waals surface area contributed by atoms with E-state index in [9.17, 15) is 14.3 Å². The molecule has 1 heterocycles. The average molecular weight is 267 g/mol. The van der Waals surface area contributed by atoms with Crippen molar-refractivity contribution >= 4 is 11.7 Å². The molecule has 2 rings (SSSR count). The van der Waals surface area contributed by atoms with Gasteiger partial charge >= 0.3 is 5.97 Å². The van der Waals surface area contributed by atoms with Crippen molar-refractivity contribution in [2.75, 3.05) is 18.5 Å². The zero-order valence-corrected chi connectivity index (χ0v) is 10.9. The Morgan fingerprint density at radius 2 is 2.16 bits per heavy atom. The molecule has 5 heteroatoms. The minimum absolute atomic E-state index is 0.368. The third-order valence-corrected chi connectivity index (χ3v) is 3.40. The first-order valence-electron chi connectivity index (χ1n) is 6.38. The highest BCUT2D eigenvalue weighted by Crippen LogP contribution is 2.27. The van der Waals surface area contributed by atoms with Crippen LogP contribution in [-0.2, 0) is 9.53 Å². The molecule has 1 aromatic carbocycles. The van der Waals surface area contributed by atoms with Crippen molar-refractivity contribution < 1.29 is 19.0 Å². The van der Waals surface area contributed by atoms with E-state index in [1.165, 1.54) is 12.1 Å². The topological polar surface area (TPSA) is 58.6 Å². The van der Waals surface area contributed by atoms with E-state index in [0.29, 0.717) is 38.2 Å². The lowest BCUT2D eigenvalue weighted by atomic mass is 9.90. The van der Waals surface area contributed by atoms with Crippen molar-refractivity contribution in [1.29, 1.82) is 0 Å². The third kappa shape index (κ3) is 3.23. The van der Waals surface area contributed by atoms with Crippen molar-refractivity contribution in [3.63, 3.8) is 0 Å². The van der Waals surface area contributed by atoms with Crippen LogP contribution in [-0.4, -0.2) is 29.8 Å². The van der Waals surface area contributed by atoms with Crippen LogP contribution >= 0.6 is 0 Å². The summed E-state index contributed by atoms with van der Waals surface area (Å²) in [4.78, 5) is 11.6. The number of hydrogen-bond acceptors (Lipinski definition) is 3. The lowest BCUT2D eigenvalue weighted by molar-refractivity contribution is -0.142. The van der Waals surface area contributed by atoms with Crippen LogP contribution in [0.4, 0.5) is 10.1 Å². The molecule has 2 N–H and O–H groups in total. The molecule has 19 heavy (non-hydrogen) atoms. The smallest absolute Gasteiger partial charge is 0.329 e. The van der Waals surface area contributed by atoms with Crippen LogP contribution in [0.15, 0.2) is 18.2 Å². The minimum Gasteiger partial charge on any atom is -0.480 e. The molecule has 4 nitrogen and oxygen atoms in total. The third-order valence-electron chi connectivity index (χ3n) is 3.40. The van der Waals surface area contributed by atoms with E-state index in [1.807, 2.05) is 0 Å². The molecule has 0 aliphatic carbocycles. The SMILES string of the molecule is Cc1cc(F)cc(NC2(C(=O)O)CCCOCC2)c1. The predicted octanol–water partition coefficient (Wildman–Crippen LogP) is 2.57.